The van der Waals surface area contributed by atoms with Crippen LogP contribution in [0.4, 0.5) is 11.5 Å². The third-order valence-electron chi connectivity index (χ3n) is 2.48. The second-order valence-corrected chi connectivity index (χ2v) is 3.85. The van der Waals surface area contributed by atoms with Crippen LogP contribution in [0.1, 0.15) is 0 Å². The molecule has 1 amide bonds. The number of pyridine rings is 1. The summed E-state index contributed by atoms with van der Waals surface area (Å²) in [4.78, 5) is 15.7. The Kier molecular flexibility index (Phi) is 4.34. The normalized spacial score (nSPS) is 9.74. The van der Waals surface area contributed by atoms with Crippen molar-refractivity contribution in [3.8, 4) is 5.75 Å². The van der Waals surface area contributed by atoms with Gasteiger partial charge in [-0.1, -0.05) is 6.07 Å². The minimum absolute atomic E-state index is 0.144. The van der Waals surface area contributed by atoms with Gasteiger partial charge in [-0.25, -0.2) is 4.98 Å². The number of hydrogen-bond donors (Lipinski definition) is 2. The Balaban J connectivity index is 1.83. The van der Waals surface area contributed by atoms with Crippen molar-refractivity contribution in [1.82, 2.24) is 4.98 Å². The highest BCUT2D eigenvalue weighted by Gasteiger charge is 2.02. The van der Waals surface area contributed by atoms with Gasteiger partial charge in [0.2, 0.25) is 5.91 Å². The van der Waals surface area contributed by atoms with E-state index in [1.54, 1.807) is 25.4 Å². The Morgan fingerprint density at radius 2 is 2.00 bits per heavy atom. The minimum atomic E-state index is -0.144. The van der Waals surface area contributed by atoms with Gasteiger partial charge in [0.25, 0.3) is 0 Å². The molecule has 0 bridgehead atoms. The third-order valence-corrected chi connectivity index (χ3v) is 2.48. The molecule has 0 aliphatic rings. The van der Waals surface area contributed by atoms with Crippen LogP contribution in [0, 0.1) is 0 Å². The maximum atomic E-state index is 11.7. The van der Waals surface area contributed by atoms with Crippen molar-refractivity contribution >= 4 is 17.4 Å². The van der Waals surface area contributed by atoms with E-state index < -0.39 is 0 Å². The summed E-state index contributed by atoms with van der Waals surface area (Å²) in [6, 6.07) is 12.7. The topological polar surface area (TPSA) is 63.2 Å². The standard InChI is InChI=1S/C14H15N3O2/c1-19-12-7-5-11(6-8-12)16-10-14(18)17-13-4-2-3-9-15-13/h2-9,16H,10H2,1H3,(H,15,17,18). The molecule has 2 aromatic rings. The van der Waals surface area contributed by atoms with Crippen LogP contribution in [0.3, 0.4) is 0 Å². The van der Waals surface area contributed by atoms with Crippen molar-refractivity contribution in [2.24, 2.45) is 0 Å². The zero-order chi connectivity index (χ0) is 13.5. The molecule has 1 aromatic carbocycles. The molecule has 1 aromatic heterocycles. The monoisotopic (exact) mass is 257 g/mol. The Bertz CT molecular complexity index is 526. The van der Waals surface area contributed by atoms with Crippen LogP contribution in [-0.4, -0.2) is 24.5 Å². The number of amides is 1. The lowest BCUT2D eigenvalue weighted by Crippen LogP contribution is -2.22. The maximum absolute atomic E-state index is 11.7. The number of ether oxygens (including phenoxy) is 1. The van der Waals surface area contributed by atoms with E-state index in [4.69, 9.17) is 4.74 Å². The quantitative estimate of drug-likeness (QED) is 0.861. The van der Waals surface area contributed by atoms with E-state index in [0.29, 0.717) is 5.82 Å². The molecule has 0 spiro atoms. The van der Waals surface area contributed by atoms with Crippen molar-refractivity contribution in [2.75, 3.05) is 24.3 Å². The van der Waals surface area contributed by atoms with Crippen LogP contribution >= 0.6 is 0 Å². The Labute approximate surface area is 111 Å². The molecule has 98 valence electrons. The van der Waals surface area contributed by atoms with E-state index in [1.807, 2.05) is 30.3 Å². The predicted octanol–water partition coefficient (Wildman–Crippen LogP) is 2.14. The molecule has 19 heavy (non-hydrogen) atoms. The number of nitrogens with zero attached hydrogens (tertiary/aromatic N) is 1. The largest absolute Gasteiger partial charge is 0.497 e. The van der Waals surface area contributed by atoms with E-state index >= 15 is 0 Å². The van der Waals surface area contributed by atoms with Crippen LogP contribution in [0.15, 0.2) is 48.7 Å². The number of rotatable bonds is 5. The molecule has 0 fully saturated rings. The molecule has 0 saturated heterocycles. The molecule has 0 unspecified atom stereocenters. The van der Waals surface area contributed by atoms with Crippen molar-refractivity contribution in [3.05, 3.63) is 48.7 Å². The van der Waals surface area contributed by atoms with Crippen molar-refractivity contribution < 1.29 is 9.53 Å². The van der Waals surface area contributed by atoms with Crippen molar-refractivity contribution in [1.29, 1.82) is 0 Å². The number of nitrogens with one attached hydrogen (secondary N) is 2. The highest BCUT2D eigenvalue weighted by atomic mass is 16.5. The predicted molar refractivity (Wildman–Crippen MR) is 74.4 cm³/mol. The van der Waals surface area contributed by atoms with Gasteiger partial charge in [0, 0.05) is 11.9 Å². The van der Waals surface area contributed by atoms with Gasteiger partial charge in [-0.05, 0) is 36.4 Å². The summed E-state index contributed by atoms with van der Waals surface area (Å²) in [5, 5.41) is 5.72. The summed E-state index contributed by atoms with van der Waals surface area (Å²) in [7, 11) is 1.61. The van der Waals surface area contributed by atoms with Crippen LogP contribution in [-0.2, 0) is 4.79 Å². The summed E-state index contributed by atoms with van der Waals surface area (Å²) in [5.41, 5.74) is 0.858. The van der Waals surface area contributed by atoms with Gasteiger partial charge in [-0.3, -0.25) is 4.79 Å². The first kappa shape index (κ1) is 12.9. The molecule has 0 saturated carbocycles. The highest BCUT2D eigenvalue weighted by Crippen LogP contribution is 2.14. The van der Waals surface area contributed by atoms with Gasteiger partial charge in [0.1, 0.15) is 11.6 Å². The Hall–Kier alpha value is -2.56. The second-order valence-electron chi connectivity index (χ2n) is 3.85. The summed E-state index contributed by atoms with van der Waals surface area (Å²) in [6.07, 6.45) is 1.63. The summed E-state index contributed by atoms with van der Waals surface area (Å²) in [6.45, 7) is 0.183. The average Bonchev–Trinajstić information content (AvgIpc) is 2.47. The number of aromatic nitrogens is 1. The van der Waals surface area contributed by atoms with Crippen molar-refractivity contribution in [3.63, 3.8) is 0 Å². The average molecular weight is 257 g/mol. The molecule has 0 aliphatic carbocycles. The van der Waals surface area contributed by atoms with E-state index in [-0.39, 0.29) is 12.5 Å². The Morgan fingerprint density at radius 3 is 2.63 bits per heavy atom. The fourth-order valence-electron chi connectivity index (χ4n) is 1.51. The smallest absolute Gasteiger partial charge is 0.244 e. The number of carbonyl (C=O) groups is 1. The van der Waals surface area contributed by atoms with Gasteiger partial charge in [-0.2, -0.15) is 0 Å². The van der Waals surface area contributed by atoms with Gasteiger partial charge < -0.3 is 15.4 Å². The first-order chi connectivity index (χ1) is 9.28. The summed E-state index contributed by atoms with van der Waals surface area (Å²) in [5.74, 6) is 1.18. The van der Waals surface area contributed by atoms with Crippen LogP contribution in [0.5, 0.6) is 5.75 Å². The number of benzene rings is 1. The SMILES string of the molecule is COc1ccc(NCC(=O)Nc2ccccn2)cc1. The molecule has 2 rings (SSSR count). The van der Waals surface area contributed by atoms with E-state index in [1.165, 1.54) is 0 Å². The van der Waals surface area contributed by atoms with Gasteiger partial charge in [-0.15, -0.1) is 0 Å². The number of anilines is 2. The number of methoxy groups -OCH3 is 1. The molecular weight excluding hydrogens is 242 g/mol. The number of carbonyl (C=O) groups excluding carboxylic acids is 1. The molecule has 0 aliphatic heterocycles. The third kappa shape index (κ3) is 3.99. The number of hydrogen-bond acceptors (Lipinski definition) is 4. The maximum Gasteiger partial charge on any atom is 0.244 e. The first-order valence-corrected chi connectivity index (χ1v) is 5.87. The highest BCUT2D eigenvalue weighted by molar-refractivity contribution is 5.92. The fraction of sp³-hybridized carbons (Fsp3) is 0.143. The molecule has 2 N–H and O–H groups in total. The lowest BCUT2D eigenvalue weighted by Gasteiger charge is -2.07. The van der Waals surface area contributed by atoms with Crippen LogP contribution in [0.25, 0.3) is 0 Å². The van der Waals surface area contributed by atoms with E-state index in [9.17, 15) is 4.79 Å². The minimum Gasteiger partial charge on any atom is -0.497 e. The molecule has 1 heterocycles. The lowest BCUT2D eigenvalue weighted by atomic mass is 10.3. The fourth-order valence-corrected chi connectivity index (χ4v) is 1.51. The van der Waals surface area contributed by atoms with Crippen molar-refractivity contribution in [2.45, 2.75) is 0 Å². The van der Waals surface area contributed by atoms with Crippen LogP contribution < -0.4 is 15.4 Å². The molecule has 0 atom stereocenters. The summed E-state index contributed by atoms with van der Waals surface area (Å²) >= 11 is 0. The van der Waals surface area contributed by atoms with E-state index in [2.05, 4.69) is 15.6 Å². The molecule has 5 nitrogen and oxygen atoms in total. The molecule has 0 radical (unpaired) electrons. The Morgan fingerprint density at radius 1 is 1.21 bits per heavy atom. The van der Waals surface area contributed by atoms with Crippen LogP contribution in [0.2, 0.25) is 0 Å². The summed E-state index contributed by atoms with van der Waals surface area (Å²) < 4.78 is 5.06. The molecule has 5 heteroatoms. The molecular formula is C14H15N3O2. The lowest BCUT2D eigenvalue weighted by molar-refractivity contribution is -0.114. The zero-order valence-electron chi connectivity index (χ0n) is 10.6. The first-order valence-electron chi connectivity index (χ1n) is 5.87. The zero-order valence-corrected chi connectivity index (χ0v) is 10.6. The second kappa shape index (κ2) is 6.39. The van der Waals surface area contributed by atoms with Gasteiger partial charge >= 0.3 is 0 Å². The van der Waals surface area contributed by atoms with Gasteiger partial charge in [0.05, 0.1) is 13.7 Å². The van der Waals surface area contributed by atoms with E-state index in [0.717, 1.165) is 11.4 Å². The van der Waals surface area contributed by atoms with Gasteiger partial charge in [0.15, 0.2) is 0 Å².